The van der Waals surface area contributed by atoms with Crippen molar-refractivity contribution in [3.05, 3.63) is 114 Å². The molecule has 168 valence electrons. The summed E-state index contributed by atoms with van der Waals surface area (Å²) in [7, 11) is 1.76. The Kier molecular flexibility index (Phi) is 6.71. The van der Waals surface area contributed by atoms with Gasteiger partial charge in [-0.2, -0.15) is 0 Å². The summed E-state index contributed by atoms with van der Waals surface area (Å²) in [5.74, 6) is 1.27. The molecule has 5 rings (SSSR count). The number of fused-ring (bicyclic) bond motifs is 1. The van der Waals surface area contributed by atoms with Crippen molar-refractivity contribution >= 4 is 10.8 Å². The Labute approximate surface area is 196 Å². The van der Waals surface area contributed by atoms with Crippen molar-refractivity contribution in [3.8, 4) is 5.75 Å². The van der Waals surface area contributed by atoms with Crippen molar-refractivity contribution in [1.29, 1.82) is 0 Å². The summed E-state index contributed by atoms with van der Waals surface area (Å²) in [6.45, 7) is 3.52. The zero-order chi connectivity index (χ0) is 22.5. The van der Waals surface area contributed by atoms with Crippen molar-refractivity contribution in [2.24, 2.45) is 0 Å². The van der Waals surface area contributed by atoms with Gasteiger partial charge < -0.3 is 9.47 Å². The largest absolute Gasteiger partial charge is 0.496 e. The average Bonchev–Trinajstić information content (AvgIpc) is 2.88. The van der Waals surface area contributed by atoms with Crippen LogP contribution in [0.15, 0.2) is 97.1 Å². The van der Waals surface area contributed by atoms with Gasteiger partial charge in [0.1, 0.15) is 5.75 Å². The van der Waals surface area contributed by atoms with Crippen molar-refractivity contribution < 1.29 is 9.47 Å². The van der Waals surface area contributed by atoms with E-state index >= 15 is 0 Å². The molecule has 1 aliphatic heterocycles. The second kappa shape index (κ2) is 10.2. The Morgan fingerprint density at radius 1 is 0.788 bits per heavy atom. The first-order valence-corrected chi connectivity index (χ1v) is 11.8. The molecule has 0 amide bonds. The lowest BCUT2D eigenvalue weighted by molar-refractivity contribution is -0.0268. The molecule has 2 unspecified atom stereocenters. The van der Waals surface area contributed by atoms with E-state index in [9.17, 15) is 0 Å². The highest BCUT2D eigenvalue weighted by atomic mass is 16.5. The molecule has 0 bridgehead atoms. The minimum absolute atomic E-state index is 0.102. The van der Waals surface area contributed by atoms with Crippen LogP contribution in [0.2, 0.25) is 0 Å². The number of likely N-dealkylation sites (tertiary alicyclic amines) is 1. The summed E-state index contributed by atoms with van der Waals surface area (Å²) >= 11 is 0. The molecule has 0 aliphatic carbocycles. The van der Waals surface area contributed by atoms with E-state index in [1.54, 1.807) is 7.11 Å². The van der Waals surface area contributed by atoms with Crippen LogP contribution in [0.25, 0.3) is 10.8 Å². The van der Waals surface area contributed by atoms with Gasteiger partial charge >= 0.3 is 0 Å². The van der Waals surface area contributed by atoms with Crippen LogP contribution in [-0.4, -0.2) is 31.2 Å². The molecular formula is C30H31NO2. The molecule has 1 aliphatic rings. The predicted molar refractivity (Wildman–Crippen MR) is 135 cm³/mol. The van der Waals surface area contributed by atoms with E-state index in [2.05, 4.69) is 95.9 Å². The van der Waals surface area contributed by atoms with Crippen molar-refractivity contribution in [3.63, 3.8) is 0 Å². The van der Waals surface area contributed by atoms with Gasteiger partial charge in [0.25, 0.3) is 0 Å². The van der Waals surface area contributed by atoms with E-state index in [0.717, 1.165) is 31.8 Å². The molecule has 4 aromatic carbocycles. The SMILES string of the molecule is COc1ccccc1C1CCN(Cc2ccccc2)CC1OCc1ccc2ccccc2c1. The van der Waals surface area contributed by atoms with E-state index < -0.39 is 0 Å². The Hall–Kier alpha value is -3.14. The van der Waals surface area contributed by atoms with Gasteiger partial charge in [-0.1, -0.05) is 84.9 Å². The maximum absolute atomic E-state index is 6.66. The number of benzene rings is 4. The molecule has 1 heterocycles. The molecule has 33 heavy (non-hydrogen) atoms. The first-order chi connectivity index (χ1) is 16.3. The summed E-state index contributed by atoms with van der Waals surface area (Å²) in [4.78, 5) is 2.52. The Morgan fingerprint density at radius 2 is 1.55 bits per heavy atom. The number of rotatable bonds is 7. The molecule has 0 saturated carbocycles. The summed E-state index contributed by atoms with van der Waals surface area (Å²) in [6, 6.07) is 34.2. The van der Waals surface area contributed by atoms with Crippen molar-refractivity contribution in [2.75, 3.05) is 20.2 Å². The van der Waals surface area contributed by atoms with Gasteiger partial charge in [0, 0.05) is 19.0 Å². The number of para-hydroxylation sites is 1. The molecule has 0 spiro atoms. The smallest absolute Gasteiger partial charge is 0.122 e. The van der Waals surface area contributed by atoms with Crippen molar-refractivity contribution in [1.82, 2.24) is 4.90 Å². The third-order valence-corrected chi connectivity index (χ3v) is 6.71. The normalized spacial score (nSPS) is 18.9. The maximum atomic E-state index is 6.66. The average molecular weight is 438 g/mol. The summed E-state index contributed by atoms with van der Waals surface area (Å²) in [6.07, 6.45) is 1.15. The van der Waals surface area contributed by atoms with Gasteiger partial charge in [0.15, 0.2) is 0 Å². The fourth-order valence-electron chi connectivity index (χ4n) is 4.99. The van der Waals surface area contributed by atoms with Crippen LogP contribution in [0.1, 0.15) is 29.0 Å². The number of nitrogens with zero attached hydrogens (tertiary/aromatic N) is 1. The lowest BCUT2D eigenvalue weighted by atomic mass is 9.86. The van der Waals surface area contributed by atoms with Gasteiger partial charge in [-0.25, -0.2) is 0 Å². The number of methoxy groups -OCH3 is 1. The second-order valence-corrected chi connectivity index (χ2v) is 8.89. The topological polar surface area (TPSA) is 21.7 Å². The minimum Gasteiger partial charge on any atom is -0.496 e. The number of hydrogen-bond donors (Lipinski definition) is 0. The maximum Gasteiger partial charge on any atom is 0.122 e. The van der Waals surface area contributed by atoms with Gasteiger partial charge in [0.05, 0.1) is 19.8 Å². The molecule has 3 heteroatoms. The molecule has 1 fully saturated rings. The van der Waals surface area contributed by atoms with Crippen LogP contribution in [-0.2, 0) is 17.9 Å². The predicted octanol–water partition coefficient (Wildman–Crippen LogP) is 6.42. The summed E-state index contributed by atoms with van der Waals surface area (Å²) in [5.41, 5.74) is 3.82. The third-order valence-electron chi connectivity index (χ3n) is 6.71. The fourth-order valence-corrected chi connectivity index (χ4v) is 4.99. The molecule has 4 aromatic rings. The van der Waals surface area contributed by atoms with Crippen LogP contribution in [0.5, 0.6) is 5.75 Å². The molecule has 3 nitrogen and oxygen atoms in total. The molecule has 2 atom stereocenters. The minimum atomic E-state index is 0.102. The first-order valence-electron chi connectivity index (χ1n) is 11.8. The van der Waals surface area contributed by atoms with E-state index in [1.807, 2.05) is 6.07 Å². The van der Waals surface area contributed by atoms with Gasteiger partial charge in [0.2, 0.25) is 0 Å². The van der Waals surface area contributed by atoms with E-state index in [1.165, 1.54) is 27.5 Å². The summed E-state index contributed by atoms with van der Waals surface area (Å²) in [5, 5.41) is 2.52. The first kappa shape index (κ1) is 21.7. The second-order valence-electron chi connectivity index (χ2n) is 8.89. The highest BCUT2D eigenvalue weighted by molar-refractivity contribution is 5.82. The lowest BCUT2D eigenvalue weighted by Gasteiger charge is -2.39. The van der Waals surface area contributed by atoms with Crippen LogP contribution in [0.4, 0.5) is 0 Å². The number of ether oxygens (including phenoxy) is 2. The third kappa shape index (κ3) is 5.11. The molecular weight excluding hydrogens is 406 g/mol. The highest BCUT2D eigenvalue weighted by Crippen LogP contribution is 2.36. The van der Waals surface area contributed by atoms with Gasteiger partial charge in [-0.15, -0.1) is 0 Å². The fraction of sp³-hybridized carbons (Fsp3) is 0.267. The number of piperidine rings is 1. The van der Waals surface area contributed by atoms with Crippen LogP contribution in [0.3, 0.4) is 0 Å². The molecule has 0 radical (unpaired) electrons. The van der Waals surface area contributed by atoms with Crippen molar-refractivity contribution in [2.45, 2.75) is 31.6 Å². The van der Waals surface area contributed by atoms with Crippen LogP contribution < -0.4 is 4.74 Å². The van der Waals surface area contributed by atoms with E-state index in [-0.39, 0.29) is 6.10 Å². The van der Waals surface area contributed by atoms with Gasteiger partial charge in [-0.05, 0) is 52.6 Å². The lowest BCUT2D eigenvalue weighted by Crippen LogP contribution is -2.43. The number of hydrogen-bond acceptors (Lipinski definition) is 3. The standard InChI is InChI=1S/C30H31NO2/c1-32-29-14-8-7-13-27(29)28-17-18-31(20-23-9-3-2-4-10-23)21-30(28)33-22-24-15-16-25-11-5-6-12-26(25)19-24/h2-16,19,28,30H,17-18,20-22H2,1H3. The quantitative estimate of drug-likeness (QED) is 0.333. The zero-order valence-electron chi connectivity index (χ0n) is 19.2. The van der Waals surface area contributed by atoms with Gasteiger partial charge in [-0.3, -0.25) is 4.90 Å². The molecule has 0 aromatic heterocycles. The summed E-state index contributed by atoms with van der Waals surface area (Å²) < 4.78 is 12.4. The zero-order valence-corrected chi connectivity index (χ0v) is 19.2. The monoisotopic (exact) mass is 437 g/mol. The Morgan fingerprint density at radius 3 is 2.39 bits per heavy atom. The molecule has 1 saturated heterocycles. The van der Waals surface area contributed by atoms with E-state index in [4.69, 9.17) is 9.47 Å². The van der Waals surface area contributed by atoms with Crippen LogP contribution in [0, 0.1) is 0 Å². The Balaban J connectivity index is 1.36. The molecule has 0 N–H and O–H groups in total. The van der Waals surface area contributed by atoms with E-state index in [0.29, 0.717) is 12.5 Å². The Bertz CT molecular complexity index is 1190. The highest BCUT2D eigenvalue weighted by Gasteiger charge is 2.32. The van der Waals surface area contributed by atoms with Crippen LogP contribution >= 0.6 is 0 Å².